The molecule has 0 radical (unpaired) electrons. The van der Waals surface area contributed by atoms with Crippen molar-refractivity contribution in [3.8, 4) is 5.75 Å². The molecular weight excluding hydrogens is 338 g/mol. The SMILES string of the molecule is CCOc1ccc(I)c(F)c1Br. The molecule has 0 heterocycles. The van der Waals surface area contributed by atoms with Crippen LogP contribution in [0.5, 0.6) is 5.75 Å². The lowest BCUT2D eigenvalue weighted by atomic mass is 10.3. The molecule has 0 amide bonds. The monoisotopic (exact) mass is 344 g/mol. The fraction of sp³-hybridized carbons (Fsp3) is 0.250. The van der Waals surface area contributed by atoms with Gasteiger partial charge in [-0.15, -0.1) is 0 Å². The Labute approximate surface area is 92.6 Å². The molecule has 0 unspecified atom stereocenters. The van der Waals surface area contributed by atoms with Crippen molar-refractivity contribution in [1.82, 2.24) is 0 Å². The quantitative estimate of drug-likeness (QED) is 0.588. The molecule has 0 fully saturated rings. The topological polar surface area (TPSA) is 9.23 Å². The summed E-state index contributed by atoms with van der Waals surface area (Å²) in [6.45, 7) is 2.40. The first-order valence-electron chi connectivity index (χ1n) is 3.43. The summed E-state index contributed by atoms with van der Waals surface area (Å²) in [5.41, 5.74) is 0. The standard InChI is InChI=1S/C8H7BrFIO/c1-2-12-6-4-3-5(11)8(10)7(6)9/h3-4H,2H2,1H3. The van der Waals surface area contributed by atoms with Crippen LogP contribution in [0.4, 0.5) is 4.39 Å². The van der Waals surface area contributed by atoms with Crippen molar-refractivity contribution in [2.75, 3.05) is 6.61 Å². The van der Waals surface area contributed by atoms with Gasteiger partial charge in [0, 0.05) is 0 Å². The Balaban J connectivity index is 3.08. The van der Waals surface area contributed by atoms with E-state index in [9.17, 15) is 4.39 Å². The Hall–Kier alpha value is 0.160. The van der Waals surface area contributed by atoms with E-state index >= 15 is 0 Å². The van der Waals surface area contributed by atoms with Crippen molar-refractivity contribution in [2.45, 2.75) is 6.92 Å². The maximum Gasteiger partial charge on any atom is 0.154 e. The van der Waals surface area contributed by atoms with Crippen LogP contribution in [0.1, 0.15) is 6.92 Å². The van der Waals surface area contributed by atoms with Gasteiger partial charge in [0.05, 0.1) is 14.6 Å². The molecule has 0 spiro atoms. The number of hydrogen-bond acceptors (Lipinski definition) is 1. The summed E-state index contributed by atoms with van der Waals surface area (Å²) >= 11 is 5.06. The smallest absolute Gasteiger partial charge is 0.154 e. The van der Waals surface area contributed by atoms with Crippen molar-refractivity contribution in [3.05, 3.63) is 26.0 Å². The first-order chi connectivity index (χ1) is 5.66. The Morgan fingerprint density at radius 1 is 1.58 bits per heavy atom. The first kappa shape index (κ1) is 10.2. The van der Waals surface area contributed by atoms with Gasteiger partial charge in [0.2, 0.25) is 0 Å². The molecule has 0 atom stereocenters. The van der Waals surface area contributed by atoms with Gasteiger partial charge in [0.15, 0.2) is 5.82 Å². The van der Waals surface area contributed by atoms with Crippen LogP contribution in [-0.4, -0.2) is 6.61 Å². The highest BCUT2D eigenvalue weighted by Crippen LogP contribution is 2.30. The molecule has 4 heteroatoms. The minimum absolute atomic E-state index is 0.262. The maximum atomic E-state index is 13.2. The zero-order chi connectivity index (χ0) is 9.14. The molecule has 12 heavy (non-hydrogen) atoms. The molecule has 66 valence electrons. The van der Waals surface area contributed by atoms with E-state index in [2.05, 4.69) is 15.9 Å². The van der Waals surface area contributed by atoms with Gasteiger partial charge in [-0.25, -0.2) is 4.39 Å². The van der Waals surface area contributed by atoms with Gasteiger partial charge in [-0.1, -0.05) is 0 Å². The van der Waals surface area contributed by atoms with Gasteiger partial charge in [-0.3, -0.25) is 0 Å². The summed E-state index contributed by atoms with van der Waals surface area (Å²) in [4.78, 5) is 0. The van der Waals surface area contributed by atoms with E-state index in [0.29, 0.717) is 20.4 Å². The molecule has 1 aromatic rings. The molecule has 0 aromatic heterocycles. The molecule has 0 aliphatic carbocycles. The van der Waals surface area contributed by atoms with Crippen molar-refractivity contribution in [3.63, 3.8) is 0 Å². The van der Waals surface area contributed by atoms with E-state index in [0.717, 1.165) is 0 Å². The lowest BCUT2D eigenvalue weighted by Crippen LogP contribution is -1.94. The van der Waals surface area contributed by atoms with E-state index in [-0.39, 0.29) is 5.82 Å². The average molecular weight is 345 g/mol. The maximum absolute atomic E-state index is 13.2. The molecule has 0 saturated heterocycles. The summed E-state index contributed by atoms with van der Waals surface area (Å²) < 4.78 is 19.3. The van der Waals surface area contributed by atoms with Crippen molar-refractivity contribution in [1.29, 1.82) is 0 Å². The minimum Gasteiger partial charge on any atom is -0.493 e. The van der Waals surface area contributed by atoms with Crippen molar-refractivity contribution < 1.29 is 9.13 Å². The number of ether oxygens (including phenoxy) is 1. The highest BCUT2D eigenvalue weighted by atomic mass is 127. The molecule has 1 aromatic carbocycles. The van der Waals surface area contributed by atoms with E-state index in [1.807, 2.05) is 29.5 Å². The summed E-state index contributed by atoms with van der Waals surface area (Å²) in [5.74, 6) is 0.289. The third-order valence-corrected chi connectivity index (χ3v) is 2.87. The molecule has 0 aliphatic heterocycles. The Kier molecular flexibility index (Phi) is 3.77. The van der Waals surface area contributed by atoms with Crippen LogP contribution in [0.2, 0.25) is 0 Å². The first-order valence-corrected chi connectivity index (χ1v) is 5.30. The Morgan fingerprint density at radius 3 is 2.83 bits per heavy atom. The summed E-state index contributed by atoms with van der Waals surface area (Å²) in [6.07, 6.45) is 0. The minimum atomic E-state index is -0.262. The van der Waals surface area contributed by atoms with E-state index in [1.54, 1.807) is 12.1 Å². The number of hydrogen-bond donors (Lipinski definition) is 0. The lowest BCUT2D eigenvalue weighted by molar-refractivity contribution is 0.335. The van der Waals surface area contributed by atoms with Crippen molar-refractivity contribution >= 4 is 38.5 Å². The van der Waals surface area contributed by atoms with Crippen LogP contribution in [0.15, 0.2) is 16.6 Å². The van der Waals surface area contributed by atoms with Gasteiger partial charge < -0.3 is 4.74 Å². The molecule has 1 nitrogen and oxygen atoms in total. The second kappa shape index (κ2) is 4.41. The summed E-state index contributed by atoms with van der Waals surface area (Å²) in [6, 6.07) is 3.43. The molecule has 0 saturated carbocycles. The zero-order valence-electron chi connectivity index (χ0n) is 6.40. The van der Waals surface area contributed by atoms with Gasteiger partial charge in [0.25, 0.3) is 0 Å². The largest absolute Gasteiger partial charge is 0.493 e. The third kappa shape index (κ3) is 2.10. The fourth-order valence-electron chi connectivity index (χ4n) is 0.775. The number of benzene rings is 1. The molecule has 1 rings (SSSR count). The van der Waals surface area contributed by atoms with Crippen LogP contribution in [-0.2, 0) is 0 Å². The van der Waals surface area contributed by atoms with Crippen LogP contribution >= 0.6 is 38.5 Å². The van der Waals surface area contributed by atoms with Gasteiger partial charge in [-0.05, 0) is 57.6 Å². The van der Waals surface area contributed by atoms with Gasteiger partial charge in [0.1, 0.15) is 5.75 Å². The normalized spacial score (nSPS) is 10.0. The highest BCUT2D eigenvalue weighted by Gasteiger charge is 2.09. The molecule has 0 bridgehead atoms. The number of rotatable bonds is 2. The van der Waals surface area contributed by atoms with Crippen LogP contribution in [0.3, 0.4) is 0 Å². The van der Waals surface area contributed by atoms with E-state index < -0.39 is 0 Å². The summed E-state index contributed by atoms with van der Waals surface area (Å²) in [5, 5.41) is 0. The van der Waals surface area contributed by atoms with Crippen molar-refractivity contribution in [2.24, 2.45) is 0 Å². The second-order valence-corrected chi connectivity index (χ2v) is 4.06. The van der Waals surface area contributed by atoms with Crippen LogP contribution in [0.25, 0.3) is 0 Å². The van der Waals surface area contributed by atoms with Crippen LogP contribution < -0.4 is 4.74 Å². The Bertz CT molecular complexity index is 291. The fourth-order valence-corrected chi connectivity index (χ4v) is 2.06. The van der Waals surface area contributed by atoms with E-state index in [4.69, 9.17) is 4.74 Å². The van der Waals surface area contributed by atoms with Gasteiger partial charge >= 0.3 is 0 Å². The predicted molar refractivity (Wildman–Crippen MR) is 58.0 cm³/mol. The van der Waals surface area contributed by atoms with E-state index in [1.165, 1.54) is 0 Å². The average Bonchev–Trinajstić information content (AvgIpc) is 2.07. The van der Waals surface area contributed by atoms with Gasteiger partial charge in [-0.2, -0.15) is 0 Å². The second-order valence-electron chi connectivity index (χ2n) is 2.11. The highest BCUT2D eigenvalue weighted by molar-refractivity contribution is 14.1. The number of halogens is 3. The zero-order valence-corrected chi connectivity index (χ0v) is 10.1. The molecular formula is C8H7BrFIO. The Morgan fingerprint density at radius 2 is 2.25 bits per heavy atom. The summed E-state index contributed by atoms with van der Waals surface area (Å²) in [7, 11) is 0. The third-order valence-electron chi connectivity index (χ3n) is 1.30. The molecule has 0 aliphatic rings. The van der Waals surface area contributed by atoms with Crippen LogP contribution in [0, 0.1) is 9.39 Å². The molecule has 0 N–H and O–H groups in total. The predicted octanol–water partition coefficient (Wildman–Crippen LogP) is 3.59. The lowest BCUT2D eigenvalue weighted by Gasteiger charge is -2.06.